The molecular formula is C18H18N4O. The van der Waals surface area contributed by atoms with Crippen LogP contribution in [0, 0.1) is 0 Å². The summed E-state index contributed by atoms with van der Waals surface area (Å²) in [5.41, 5.74) is 4.28. The number of aryl methyl sites for hydroxylation is 1. The first-order valence-corrected chi connectivity index (χ1v) is 7.96. The van der Waals surface area contributed by atoms with Crippen molar-refractivity contribution in [3.63, 3.8) is 0 Å². The maximum Gasteiger partial charge on any atom is 0.242 e. The highest BCUT2D eigenvalue weighted by Crippen LogP contribution is 2.29. The number of amides is 1. The minimum atomic E-state index is -0.0256. The first kappa shape index (κ1) is 13.9. The van der Waals surface area contributed by atoms with E-state index in [1.54, 1.807) is 4.68 Å². The van der Waals surface area contributed by atoms with Crippen molar-refractivity contribution in [2.45, 2.75) is 31.8 Å². The minimum Gasteiger partial charge on any atom is -0.348 e. The van der Waals surface area contributed by atoms with E-state index in [-0.39, 0.29) is 18.5 Å². The van der Waals surface area contributed by atoms with E-state index in [0.29, 0.717) is 0 Å². The van der Waals surface area contributed by atoms with E-state index in [0.717, 1.165) is 30.3 Å². The van der Waals surface area contributed by atoms with Crippen molar-refractivity contribution in [3.8, 4) is 0 Å². The summed E-state index contributed by atoms with van der Waals surface area (Å²) in [4.78, 5) is 12.4. The van der Waals surface area contributed by atoms with Gasteiger partial charge in [-0.15, -0.1) is 5.10 Å². The lowest BCUT2D eigenvalue weighted by atomic mass is 9.88. The molecule has 0 fully saturated rings. The van der Waals surface area contributed by atoms with Gasteiger partial charge in [0.2, 0.25) is 5.91 Å². The molecule has 0 unspecified atom stereocenters. The van der Waals surface area contributed by atoms with Crippen molar-refractivity contribution < 1.29 is 4.79 Å². The lowest BCUT2D eigenvalue weighted by Crippen LogP contribution is -2.33. The van der Waals surface area contributed by atoms with Gasteiger partial charge >= 0.3 is 0 Å². The molecule has 1 amide bonds. The zero-order valence-corrected chi connectivity index (χ0v) is 12.8. The summed E-state index contributed by atoms with van der Waals surface area (Å²) < 4.78 is 1.65. The van der Waals surface area contributed by atoms with E-state index in [2.05, 4.69) is 33.8 Å². The molecule has 0 aliphatic heterocycles. The van der Waals surface area contributed by atoms with Crippen LogP contribution in [0.5, 0.6) is 0 Å². The maximum atomic E-state index is 12.4. The molecule has 4 rings (SSSR count). The molecule has 1 aliphatic carbocycles. The van der Waals surface area contributed by atoms with Crippen molar-refractivity contribution >= 4 is 16.9 Å². The van der Waals surface area contributed by atoms with Gasteiger partial charge < -0.3 is 5.32 Å². The summed E-state index contributed by atoms with van der Waals surface area (Å²) in [7, 11) is 0. The van der Waals surface area contributed by atoms with Crippen LogP contribution in [0.1, 0.15) is 30.0 Å². The summed E-state index contributed by atoms with van der Waals surface area (Å²) in [6, 6.07) is 16.1. The van der Waals surface area contributed by atoms with E-state index >= 15 is 0 Å². The fourth-order valence-corrected chi connectivity index (χ4v) is 3.31. The van der Waals surface area contributed by atoms with E-state index in [1.165, 1.54) is 11.1 Å². The van der Waals surface area contributed by atoms with Crippen molar-refractivity contribution in [1.82, 2.24) is 20.3 Å². The Morgan fingerprint density at radius 1 is 1.17 bits per heavy atom. The van der Waals surface area contributed by atoms with Gasteiger partial charge in [0.15, 0.2) is 0 Å². The SMILES string of the molecule is O=C(Cn1nnc2ccccc21)N[C@H]1CCCc2ccccc21. The monoisotopic (exact) mass is 306 g/mol. The summed E-state index contributed by atoms with van der Waals surface area (Å²) in [5.74, 6) is -0.0256. The van der Waals surface area contributed by atoms with Crippen LogP contribution in [-0.4, -0.2) is 20.9 Å². The number of carbonyl (C=O) groups is 1. The van der Waals surface area contributed by atoms with Gasteiger partial charge in [-0.25, -0.2) is 4.68 Å². The molecule has 5 heteroatoms. The Morgan fingerprint density at radius 3 is 2.96 bits per heavy atom. The Hall–Kier alpha value is -2.69. The van der Waals surface area contributed by atoms with E-state index in [9.17, 15) is 4.79 Å². The second kappa shape index (κ2) is 5.83. The van der Waals surface area contributed by atoms with Crippen molar-refractivity contribution in [3.05, 3.63) is 59.7 Å². The minimum absolute atomic E-state index is 0.0256. The van der Waals surface area contributed by atoms with Crippen LogP contribution < -0.4 is 5.32 Å². The second-order valence-electron chi connectivity index (χ2n) is 5.95. The average molecular weight is 306 g/mol. The molecule has 1 heterocycles. The van der Waals surface area contributed by atoms with Crippen molar-refractivity contribution in [1.29, 1.82) is 0 Å². The predicted molar refractivity (Wildman–Crippen MR) is 87.8 cm³/mol. The van der Waals surface area contributed by atoms with Crippen LogP contribution in [0.25, 0.3) is 11.0 Å². The zero-order chi connectivity index (χ0) is 15.6. The number of hydrogen-bond donors (Lipinski definition) is 1. The molecule has 0 spiro atoms. The molecule has 1 aliphatic rings. The molecule has 0 saturated heterocycles. The van der Waals surface area contributed by atoms with E-state index < -0.39 is 0 Å². The molecule has 1 aromatic heterocycles. The highest BCUT2D eigenvalue weighted by molar-refractivity contribution is 5.80. The molecule has 2 aromatic carbocycles. The van der Waals surface area contributed by atoms with Crippen molar-refractivity contribution in [2.75, 3.05) is 0 Å². The normalized spacial score (nSPS) is 17.0. The van der Waals surface area contributed by atoms with Gasteiger partial charge in [0.05, 0.1) is 11.6 Å². The van der Waals surface area contributed by atoms with Gasteiger partial charge in [-0.2, -0.15) is 0 Å². The number of para-hydroxylation sites is 1. The predicted octanol–water partition coefficient (Wildman–Crippen LogP) is 2.63. The van der Waals surface area contributed by atoms with Gasteiger partial charge in [-0.3, -0.25) is 4.79 Å². The molecule has 3 aromatic rings. The smallest absolute Gasteiger partial charge is 0.242 e. The number of nitrogens with one attached hydrogen (secondary N) is 1. The highest BCUT2D eigenvalue weighted by atomic mass is 16.2. The molecule has 0 radical (unpaired) electrons. The average Bonchev–Trinajstić information content (AvgIpc) is 2.98. The second-order valence-corrected chi connectivity index (χ2v) is 5.95. The number of hydrogen-bond acceptors (Lipinski definition) is 3. The summed E-state index contributed by atoms with van der Waals surface area (Å²) in [5, 5.41) is 11.3. The largest absolute Gasteiger partial charge is 0.348 e. The third kappa shape index (κ3) is 2.70. The number of fused-ring (bicyclic) bond motifs is 2. The first-order valence-electron chi connectivity index (χ1n) is 7.96. The Kier molecular flexibility index (Phi) is 3.54. The van der Waals surface area contributed by atoms with Gasteiger partial charge in [0.25, 0.3) is 0 Å². The third-order valence-electron chi connectivity index (χ3n) is 4.42. The van der Waals surface area contributed by atoms with Crippen LogP contribution >= 0.6 is 0 Å². The maximum absolute atomic E-state index is 12.4. The lowest BCUT2D eigenvalue weighted by molar-refractivity contribution is -0.122. The van der Waals surface area contributed by atoms with Crippen LogP contribution in [0.3, 0.4) is 0 Å². The highest BCUT2D eigenvalue weighted by Gasteiger charge is 2.21. The zero-order valence-electron chi connectivity index (χ0n) is 12.8. The Balaban J connectivity index is 1.51. The van der Waals surface area contributed by atoms with Crippen LogP contribution in [0.2, 0.25) is 0 Å². The molecule has 1 atom stereocenters. The first-order chi connectivity index (χ1) is 11.3. The topological polar surface area (TPSA) is 59.8 Å². The standard InChI is InChI=1S/C18H18N4O/c23-18(12-22-17-11-4-3-9-16(17)20-21-22)19-15-10-5-7-13-6-1-2-8-14(13)15/h1-4,6,8-9,11,15H,5,7,10,12H2,(H,19,23)/t15-/m0/s1. The molecule has 5 nitrogen and oxygen atoms in total. The van der Waals surface area contributed by atoms with Crippen LogP contribution in [0.15, 0.2) is 48.5 Å². The van der Waals surface area contributed by atoms with Gasteiger partial charge in [-0.1, -0.05) is 41.6 Å². The Bertz CT molecular complexity index is 855. The number of benzene rings is 2. The molecular weight excluding hydrogens is 288 g/mol. The molecule has 23 heavy (non-hydrogen) atoms. The summed E-state index contributed by atoms with van der Waals surface area (Å²) in [6.07, 6.45) is 3.19. The quantitative estimate of drug-likeness (QED) is 0.809. The Morgan fingerprint density at radius 2 is 2.00 bits per heavy atom. The Labute approximate surface area is 134 Å². The molecule has 116 valence electrons. The van der Waals surface area contributed by atoms with Crippen LogP contribution in [-0.2, 0) is 17.8 Å². The van der Waals surface area contributed by atoms with Crippen LogP contribution in [0.4, 0.5) is 0 Å². The van der Waals surface area contributed by atoms with Gasteiger partial charge in [-0.05, 0) is 42.5 Å². The lowest BCUT2D eigenvalue weighted by Gasteiger charge is -2.26. The van der Waals surface area contributed by atoms with E-state index in [1.807, 2.05) is 30.3 Å². The number of nitrogens with zero attached hydrogens (tertiary/aromatic N) is 3. The molecule has 0 saturated carbocycles. The third-order valence-corrected chi connectivity index (χ3v) is 4.42. The molecule has 1 N–H and O–H groups in total. The number of carbonyl (C=O) groups excluding carboxylic acids is 1. The fraction of sp³-hybridized carbons (Fsp3) is 0.278. The number of aromatic nitrogens is 3. The summed E-state index contributed by atoms with van der Waals surface area (Å²) >= 11 is 0. The van der Waals surface area contributed by atoms with E-state index in [4.69, 9.17) is 0 Å². The fourth-order valence-electron chi connectivity index (χ4n) is 3.31. The van der Waals surface area contributed by atoms with Gasteiger partial charge in [0.1, 0.15) is 12.1 Å². The number of rotatable bonds is 3. The van der Waals surface area contributed by atoms with Gasteiger partial charge in [0, 0.05) is 0 Å². The van der Waals surface area contributed by atoms with Crippen molar-refractivity contribution in [2.24, 2.45) is 0 Å². The molecule has 0 bridgehead atoms. The summed E-state index contributed by atoms with van der Waals surface area (Å²) in [6.45, 7) is 0.194.